The number of hydrogen-bond donors (Lipinski definition) is 1. The fraction of sp³-hybridized carbons (Fsp3) is 0.550. The first-order valence-corrected chi connectivity index (χ1v) is 8.99. The minimum absolute atomic E-state index is 0. The molecule has 0 amide bonds. The molecule has 0 aliphatic carbocycles. The Morgan fingerprint density at radius 2 is 2.08 bits per heavy atom. The molecule has 2 fully saturated rings. The van der Waals surface area contributed by atoms with E-state index in [1.807, 2.05) is 7.05 Å². The SMILES string of the molecule is C#CCNC(=NC)N1CCC2C(CCCN2Cc2ccccc2)C1.I. The standard InChI is InChI=1S/C20H28N4.HI/c1-3-12-22-20(21-2)24-14-11-19-18(16-24)10-7-13-23(19)15-17-8-5-4-6-9-17;/h1,4-6,8-9,18-19H,7,10-16H2,2H3,(H,21,22);1H. The maximum absolute atomic E-state index is 5.37. The van der Waals surface area contributed by atoms with Crippen LogP contribution in [0.25, 0.3) is 0 Å². The van der Waals surface area contributed by atoms with Crippen molar-refractivity contribution in [2.45, 2.75) is 31.8 Å². The first-order chi connectivity index (χ1) is 11.8. The van der Waals surface area contributed by atoms with E-state index in [2.05, 4.69) is 56.4 Å². The Bertz CT molecular complexity index is 595. The lowest BCUT2D eigenvalue weighted by Gasteiger charge is -2.48. The molecule has 2 atom stereocenters. The van der Waals surface area contributed by atoms with Crippen LogP contribution in [0.15, 0.2) is 35.3 Å². The van der Waals surface area contributed by atoms with Gasteiger partial charge in [-0.25, -0.2) is 0 Å². The van der Waals surface area contributed by atoms with Crippen LogP contribution in [0.4, 0.5) is 0 Å². The van der Waals surface area contributed by atoms with Gasteiger partial charge >= 0.3 is 0 Å². The molecule has 5 heteroatoms. The summed E-state index contributed by atoms with van der Waals surface area (Å²) in [6, 6.07) is 11.5. The zero-order valence-corrected chi connectivity index (χ0v) is 17.4. The molecule has 2 saturated heterocycles. The highest BCUT2D eigenvalue weighted by molar-refractivity contribution is 14.0. The van der Waals surface area contributed by atoms with Crippen molar-refractivity contribution in [3.05, 3.63) is 35.9 Å². The third-order valence-electron chi connectivity index (χ3n) is 5.27. The molecule has 136 valence electrons. The van der Waals surface area contributed by atoms with E-state index < -0.39 is 0 Å². The van der Waals surface area contributed by atoms with Crippen molar-refractivity contribution < 1.29 is 0 Å². The van der Waals surface area contributed by atoms with Gasteiger partial charge in [0, 0.05) is 32.7 Å². The van der Waals surface area contributed by atoms with Crippen LogP contribution < -0.4 is 5.32 Å². The number of nitrogens with zero attached hydrogens (tertiary/aromatic N) is 3. The van der Waals surface area contributed by atoms with E-state index in [1.165, 1.54) is 31.4 Å². The monoisotopic (exact) mass is 452 g/mol. The second-order valence-corrected chi connectivity index (χ2v) is 6.77. The molecular formula is C20H29IN4. The van der Waals surface area contributed by atoms with Gasteiger partial charge in [-0.2, -0.15) is 0 Å². The molecule has 4 nitrogen and oxygen atoms in total. The van der Waals surface area contributed by atoms with Crippen LogP contribution in [0, 0.1) is 18.3 Å². The molecular weight excluding hydrogens is 423 g/mol. The number of benzene rings is 1. The molecule has 3 rings (SSSR count). The third kappa shape index (κ3) is 5.11. The van der Waals surface area contributed by atoms with Crippen LogP contribution in [0.1, 0.15) is 24.8 Å². The molecule has 0 radical (unpaired) electrons. The van der Waals surface area contributed by atoms with Gasteiger partial charge in [0.1, 0.15) is 0 Å². The first kappa shape index (κ1) is 20.1. The fourth-order valence-corrected chi connectivity index (χ4v) is 4.18. The van der Waals surface area contributed by atoms with Gasteiger partial charge in [-0.1, -0.05) is 36.3 Å². The molecule has 2 heterocycles. The minimum Gasteiger partial charge on any atom is -0.345 e. The summed E-state index contributed by atoms with van der Waals surface area (Å²) in [6.07, 6.45) is 9.18. The number of likely N-dealkylation sites (tertiary alicyclic amines) is 2. The third-order valence-corrected chi connectivity index (χ3v) is 5.27. The van der Waals surface area contributed by atoms with Crippen LogP contribution in [0.5, 0.6) is 0 Å². The Hall–Kier alpha value is -1.26. The maximum atomic E-state index is 5.37. The summed E-state index contributed by atoms with van der Waals surface area (Å²) in [7, 11) is 1.84. The van der Waals surface area contributed by atoms with Crippen molar-refractivity contribution in [2.75, 3.05) is 33.2 Å². The van der Waals surface area contributed by atoms with Crippen LogP contribution >= 0.6 is 24.0 Å². The average Bonchev–Trinajstić information content (AvgIpc) is 2.63. The number of halogens is 1. The number of hydrogen-bond acceptors (Lipinski definition) is 2. The zero-order chi connectivity index (χ0) is 16.8. The molecule has 0 aromatic heterocycles. The van der Waals surface area contributed by atoms with E-state index >= 15 is 0 Å². The number of fused-ring (bicyclic) bond motifs is 1. The lowest BCUT2D eigenvalue weighted by atomic mass is 9.83. The van der Waals surface area contributed by atoms with Gasteiger partial charge in [-0.3, -0.25) is 9.89 Å². The van der Waals surface area contributed by atoms with Crippen molar-refractivity contribution in [3.8, 4) is 12.3 Å². The summed E-state index contributed by atoms with van der Waals surface area (Å²) in [4.78, 5) is 9.47. The van der Waals surface area contributed by atoms with Crippen LogP contribution in [-0.2, 0) is 6.54 Å². The van der Waals surface area contributed by atoms with Crippen molar-refractivity contribution in [3.63, 3.8) is 0 Å². The number of terminal acetylenes is 1. The molecule has 2 aliphatic heterocycles. The highest BCUT2D eigenvalue weighted by Crippen LogP contribution is 2.31. The van der Waals surface area contributed by atoms with Crippen molar-refractivity contribution in [1.82, 2.24) is 15.1 Å². The second kappa shape index (κ2) is 10.0. The molecule has 1 N–H and O–H groups in total. The fourth-order valence-electron chi connectivity index (χ4n) is 4.18. The van der Waals surface area contributed by atoms with Gasteiger partial charge < -0.3 is 10.2 Å². The molecule has 0 saturated carbocycles. The summed E-state index contributed by atoms with van der Waals surface area (Å²) < 4.78 is 0. The minimum atomic E-state index is 0. The Kier molecular flexibility index (Phi) is 8.04. The van der Waals surface area contributed by atoms with Crippen LogP contribution in [0.2, 0.25) is 0 Å². The topological polar surface area (TPSA) is 30.9 Å². The summed E-state index contributed by atoms with van der Waals surface area (Å²) in [5, 5.41) is 3.26. The zero-order valence-electron chi connectivity index (χ0n) is 15.0. The van der Waals surface area contributed by atoms with Crippen molar-refractivity contribution >= 4 is 29.9 Å². The summed E-state index contributed by atoms with van der Waals surface area (Å²) in [6.45, 7) is 4.97. The molecule has 25 heavy (non-hydrogen) atoms. The molecule has 1 aromatic rings. The largest absolute Gasteiger partial charge is 0.345 e. The van der Waals surface area contributed by atoms with E-state index in [0.717, 1.165) is 31.5 Å². The number of rotatable bonds is 3. The summed E-state index contributed by atoms with van der Waals surface area (Å²) >= 11 is 0. The highest BCUT2D eigenvalue weighted by Gasteiger charge is 2.36. The van der Waals surface area contributed by atoms with E-state index in [-0.39, 0.29) is 24.0 Å². The number of nitrogens with one attached hydrogen (secondary N) is 1. The predicted octanol–water partition coefficient (Wildman–Crippen LogP) is 2.80. The Balaban J connectivity index is 0.00000225. The maximum Gasteiger partial charge on any atom is 0.194 e. The number of aliphatic imine (C=N–C) groups is 1. The van der Waals surface area contributed by atoms with Gasteiger partial charge in [0.25, 0.3) is 0 Å². The van der Waals surface area contributed by atoms with Crippen LogP contribution in [0.3, 0.4) is 0 Å². The second-order valence-electron chi connectivity index (χ2n) is 6.77. The van der Waals surface area contributed by atoms with E-state index in [9.17, 15) is 0 Å². The van der Waals surface area contributed by atoms with E-state index in [0.29, 0.717) is 12.6 Å². The quantitative estimate of drug-likeness (QED) is 0.331. The molecule has 1 aromatic carbocycles. The van der Waals surface area contributed by atoms with E-state index in [1.54, 1.807) is 0 Å². The summed E-state index contributed by atoms with van der Waals surface area (Å²) in [5.41, 5.74) is 1.42. The summed E-state index contributed by atoms with van der Waals surface area (Å²) in [5.74, 6) is 4.31. The normalized spacial score (nSPS) is 24.0. The first-order valence-electron chi connectivity index (χ1n) is 8.99. The molecule has 0 bridgehead atoms. The van der Waals surface area contributed by atoms with Gasteiger partial charge in [0.05, 0.1) is 6.54 Å². The van der Waals surface area contributed by atoms with Gasteiger partial charge in [0.15, 0.2) is 5.96 Å². The Morgan fingerprint density at radius 3 is 2.80 bits per heavy atom. The molecule has 2 unspecified atom stereocenters. The molecule has 2 aliphatic rings. The highest BCUT2D eigenvalue weighted by atomic mass is 127. The van der Waals surface area contributed by atoms with Crippen LogP contribution in [-0.4, -0.2) is 55.0 Å². The number of piperidine rings is 2. The number of guanidine groups is 1. The van der Waals surface area contributed by atoms with Crippen molar-refractivity contribution in [2.24, 2.45) is 10.9 Å². The average molecular weight is 452 g/mol. The lowest BCUT2D eigenvalue weighted by Crippen LogP contribution is -2.56. The van der Waals surface area contributed by atoms with Gasteiger partial charge in [0.2, 0.25) is 0 Å². The smallest absolute Gasteiger partial charge is 0.194 e. The Morgan fingerprint density at radius 1 is 1.28 bits per heavy atom. The van der Waals surface area contributed by atoms with Gasteiger partial charge in [-0.15, -0.1) is 30.4 Å². The van der Waals surface area contributed by atoms with Gasteiger partial charge in [-0.05, 0) is 37.3 Å². The van der Waals surface area contributed by atoms with E-state index in [4.69, 9.17) is 6.42 Å². The Labute approximate surface area is 169 Å². The lowest BCUT2D eigenvalue weighted by molar-refractivity contribution is 0.0373. The predicted molar refractivity (Wildman–Crippen MR) is 115 cm³/mol. The van der Waals surface area contributed by atoms with Crippen molar-refractivity contribution in [1.29, 1.82) is 0 Å². The molecule has 0 spiro atoms.